The van der Waals surface area contributed by atoms with Gasteiger partial charge in [0.05, 0.1) is 49.5 Å². The SMILES string of the molecule is CC1(C)c2ccc3c(c2Oc2ccc4c(c21)c1ccccc1n4-c1cccc(-n2c4ccccc4c4ccccc42)c1)c1ccccc1n3-c1cccc(-n2c3ccccc3c3ccccc32)c1. The van der Waals surface area contributed by atoms with Crippen LogP contribution in [0.3, 0.4) is 0 Å². The van der Waals surface area contributed by atoms with Gasteiger partial charge in [-0.1, -0.05) is 141 Å². The Bertz CT molecular complexity index is 4350. The molecule has 0 radical (unpaired) electrons. The third-order valence-electron chi connectivity index (χ3n) is 15.0. The van der Waals surface area contributed by atoms with Crippen LogP contribution >= 0.6 is 0 Å². The summed E-state index contributed by atoms with van der Waals surface area (Å²) in [4.78, 5) is 0. The van der Waals surface area contributed by atoms with Gasteiger partial charge in [-0.15, -0.1) is 0 Å². The predicted octanol–water partition coefficient (Wildman–Crippen LogP) is 16.5. The molecule has 5 heterocycles. The van der Waals surface area contributed by atoms with E-state index in [0.29, 0.717) is 0 Å². The first-order valence-corrected chi connectivity index (χ1v) is 23.5. The van der Waals surface area contributed by atoms with Crippen LogP contribution in [0.5, 0.6) is 11.5 Å². The molecule has 10 aromatic carbocycles. The van der Waals surface area contributed by atoms with Gasteiger partial charge in [-0.25, -0.2) is 0 Å². The molecule has 0 N–H and O–H groups in total. The first-order chi connectivity index (χ1) is 33.5. The second-order valence-corrected chi connectivity index (χ2v) is 18.9. The highest BCUT2D eigenvalue weighted by atomic mass is 16.5. The van der Waals surface area contributed by atoms with Gasteiger partial charge in [0, 0.05) is 77.0 Å². The van der Waals surface area contributed by atoms with Crippen LogP contribution in [-0.2, 0) is 5.41 Å². The molecule has 15 rings (SSSR count). The summed E-state index contributed by atoms with van der Waals surface area (Å²) in [7, 11) is 0. The van der Waals surface area contributed by atoms with E-state index in [1.54, 1.807) is 0 Å². The van der Waals surface area contributed by atoms with E-state index in [-0.39, 0.29) is 0 Å². The van der Waals surface area contributed by atoms with Crippen molar-refractivity contribution in [3.05, 3.63) is 230 Å². The molecule has 0 unspecified atom stereocenters. The fraction of sp³-hybridized carbons (Fsp3) is 0.0476. The van der Waals surface area contributed by atoms with Gasteiger partial charge in [0.25, 0.3) is 0 Å². The van der Waals surface area contributed by atoms with Gasteiger partial charge in [0.1, 0.15) is 11.5 Å². The van der Waals surface area contributed by atoms with Crippen molar-refractivity contribution >= 4 is 87.2 Å². The Morgan fingerprint density at radius 3 is 1.09 bits per heavy atom. The molecule has 68 heavy (non-hydrogen) atoms. The monoisotopic (exact) mass is 870 g/mol. The van der Waals surface area contributed by atoms with E-state index >= 15 is 0 Å². The molecule has 1 aliphatic heterocycles. The minimum Gasteiger partial charge on any atom is -0.456 e. The Morgan fingerprint density at radius 2 is 0.647 bits per heavy atom. The second-order valence-electron chi connectivity index (χ2n) is 18.9. The molecule has 4 aromatic heterocycles. The minimum absolute atomic E-state index is 0.407. The van der Waals surface area contributed by atoms with Gasteiger partial charge in [-0.3, -0.25) is 0 Å². The summed E-state index contributed by atoms with van der Waals surface area (Å²) >= 11 is 0. The van der Waals surface area contributed by atoms with Crippen LogP contribution in [0.1, 0.15) is 25.0 Å². The molecule has 0 fully saturated rings. The highest BCUT2D eigenvalue weighted by Crippen LogP contribution is 2.56. The van der Waals surface area contributed by atoms with E-state index in [4.69, 9.17) is 4.74 Å². The average Bonchev–Trinajstić information content (AvgIpc) is 4.11. The maximum absolute atomic E-state index is 7.35. The van der Waals surface area contributed by atoms with Gasteiger partial charge in [0.15, 0.2) is 0 Å². The van der Waals surface area contributed by atoms with Crippen molar-refractivity contribution in [1.29, 1.82) is 0 Å². The van der Waals surface area contributed by atoms with E-state index < -0.39 is 5.41 Å². The van der Waals surface area contributed by atoms with Crippen LogP contribution in [0.15, 0.2) is 218 Å². The summed E-state index contributed by atoms with van der Waals surface area (Å²) < 4.78 is 17.0. The Kier molecular flexibility index (Phi) is 7.50. The number of aromatic nitrogens is 4. The van der Waals surface area contributed by atoms with Crippen molar-refractivity contribution in [1.82, 2.24) is 18.3 Å². The zero-order chi connectivity index (χ0) is 44.8. The van der Waals surface area contributed by atoms with Gasteiger partial charge in [-0.2, -0.15) is 0 Å². The van der Waals surface area contributed by atoms with E-state index in [9.17, 15) is 0 Å². The molecule has 0 spiro atoms. The Labute approximate surface area is 391 Å². The van der Waals surface area contributed by atoms with Crippen LogP contribution in [0.4, 0.5) is 0 Å². The summed E-state index contributed by atoms with van der Waals surface area (Å²) in [6.45, 7) is 4.75. The molecule has 5 nitrogen and oxygen atoms in total. The highest BCUT2D eigenvalue weighted by molar-refractivity contribution is 6.16. The van der Waals surface area contributed by atoms with Gasteiger partial charge < -0.3 is 23.0 Å². The van der Waals surface area contributed by atoms with Crippen LogP contribution < -0.4 is 4.74 Å². The van der Waals surface area contributed by atoms with Crippen LogP contribution in [0.25, 0.3) is 110 Å². The number of hydrogen-bond donors (Lipinski definition) is 0. The van der Waals surface area contributed by atoms with Crippen molar-refractivity contribution in [3.63, 3.8) is 0 Å². The van der Waals surface area contributed by atoms with Crippen LogP contribution in [-0.4, -0.2) is 18.3 Å². The smallest absolute Gasteiger partial charge is 0.141 e. The lowest BCUT2D eigenvalue weighted by Crippen LogP contribution is -2.24. The topological polar surface area (TPSA) is 28.9 Å². The summed E-state index contributed by atoms with van der Waals surface area (Å²) in [6.07, 6.45) is 0. The number of fused-ring (bicyclic) bond motifs is 16. The quantitative estimate of drug-likeness (QED) is 0.173. The number of para-hydroxylation sites is 6. The van der Waals surface area contributed by atoms with Crippen molar-refractivity contribution in [2.45, 2.75) is 19.3 Å². The Balaban J connectivity index is 0.910. The second kappa shape index (κ2) is 13.6. The fourth-order valence-corrected chi connectivity index (χ4v) is 12.1. The predicted molar refractivity (Wildman–Crippen MR) is 282 cm³/mol. The molecule has 5 heteroatoms. The summed E-state index contributed by atoms with van der Waals surface area (Å²) in [5.41, 5.74) is 15.8. The standard InChI is InChI=1S/C63H42N4O/c1-63(2)49-33-34-57-60(48-26-8-14-32-55(48)67(57)42-20-16-18-40(38-42)65-52-29-11-5-23-45(52)46-24-6-12-30-53(46)65)62(49)68-58-36-35-56-59(61(58)63)47-25-7-13-31-54(47)66(56)41-19-15-17-39(37-41)64-50-27-9-3-21-43(50)44-22-4-10-28-51(44)64/h3-38H,1-2H3. The lowest BCUT2D eigenvalue weighted by Gasteiger charge is -2.35. The number of nitrogens with zero attached hydrogens (tertiary/aromatic N) is 4. The summed E-state index contributed by atoms with van der Waals surface area (Å²) in [5, 5.41) is 9.75. The molecular weight excluding hydrogens is 829 g/mol. The molecular formula is C63H42N4O. The molecule has 0 bridgehead atoms. The van der Waals surface area contributed by atoms with Gasteiger partial charge in [-0.05, 0) is 91.0 Å². The summed E-state index contributed by atoms with van der Waals surface area (Å²) in [6, 6.07) is 79.6. The van der Waals surface area contributed by atoms with Gasteiger partial charge in [0.2, 0.25) is 0 Å². The lowest BCUT2D eigenvalue weighted by molar-refractivity contribution is 0.426. The highest BCUT2D eigenvalue weighted by Gasteiger charge is 2.39. The third-order valence-corrected chi connectivity index (χ3v) is 15.0. The molecule has 1 aliphatic rings. The maximum atomic E-state index is 7.35. The van der Waals surface area contributed by atoms with Crippen molar-refractivity contribution in [2.75, 3.05) is 0 Å². The number of rotatable bonds is 4. The molecule has 320 valence electrons. The van der Waals surface area contributed by atoms with E-state index in [0.717, 1.165) is 56.2 Å². The number of benzene rings is 10. The normalized spacial score (nSPS) is 13.4. The van der Waals surface area contributed by atoms with Crippen LogP contribution in [0, 0.1) is 0 Å². The van der Waals surface area contributed by atoms with E-state index in [2.05, 4.69) is 251 Å². The zero-order valence-electron chi connectivity index (χ0n) is 37.5. The molecule has 0 saturated heterocycles. The Morgan fingerprint density at radius 1 is 0.309 bits per heavy atom. The first kappa shape index (κ1) is 37.4. The number of hydrogen-bond acceptors (Lipinski definition) is 1. The van der Waals surface area contributed by atoms with Crippen molar-refractivity contribution in [2.24, 2.45) is 0 Å². The summed E-state index contributed by atoms with van der Waals surface area (Å²) in [5.74, 6) is 1.82. The molecule has 0 aliphatic carbocycles. The molecule has 0 amide bonds. The zero-order valence-corrected chi connectivity index (χ0v) is 37.5. The Hall–Kier alpha value is -8.80. The van der Waals surface area contributed by atoms with E-state index in [1.165, 1.54) is 76.4 Å². The molecule has 0 saturated carbocycles. The van der Waals surface area contributed by atoms with E-state index in [1.807, 2.05) is 0 Å². The fourth-order valence-electron chi connectivity index (χ4n) is 12.1. The lowest BCUT2D eigenvalue weighted by atomic mass is 9.73. The average molecular weight is 871 g/mol. The largest absolute Gasteiger partial charge is 0.456 e. The van der Waals surface area contributed by atoms with Crippen molar-refractivity contribution in [3.8, 4) is 34.2 Å². The number of ether oxygens (including phenoxy) is 1. The molecule has 14 aromatic rings. The van der Waals surface area contributed by atoms with Gasteiger partial charge >= 0.3 is 0 Å². The third kappa shape index (κ3) is 4.94. The maximum Gasteiger partial charge on any atom is 0.141 e. The van der Waals surface area contributed by atoms with Crippen molar-refractivity contribution < 1.29 is 4.74 Å². The van der Waals surface area contributed by atoms with Crippen LogP contribution in [0.2, 0.25) is 0 Å². The minimum atomic E-state index is -0.407. The molecule has 0 atom stereocenters. The first-order valence-electron chi connectivity index (χ1n) is 23.5.